The number of pyridine rings is 1. The highest BCUT2D eigenvalue weighted by atomic mass is 19.1. The molecule has 164 valence electrons. The summed E-state index contributed by atoms with van der Waals surface area (Å²) < 4.78 is 42.3. The number of aromatic nitrogens is 3. The van der Waals surface area contributed by atoms with Crippen molar-refractivity contribution >= 4 is 22.7 Å². The Labute approximate surface area is 183 Å². The molecule has 32 heavy (non-hydrogen) atoms. The number of piperidine rings is 1. The standard InChI is InChI=1S/C23H21F3N6/c24-14-1-4-17(18(25)9-14)21(26)13-5-7-32(8-6-13)23-22(29-15-2-3-15)30-20-12-28-16(11-27)10-19(20)31-23/h1,4,9-10,12-13,15,21H,2-3,5-8H2,(H,29,30). The van der Waals surface area contributed by atoms with Crippen molar-refractivity contribution in [1.82, 2.24) is 15.0 Å². The third-order valence-electron chi connectivity index (χ3n) is 6.08. The van der Waals surface area contributed by atoms with Gasteiger partial charge in [0.1, 0.15) is 35.1 Å². The van der Waals surface area contributed by atoms with Crippen LogP contribution in [0.1, 0.15) is 43.1 Å². The van der Waals surface area contributed by atoms with Gasteiger partial charge in [-0.2, -0.15) is 5.26 Å². The van der Waals surface area contributed by atoms with Crippen molar-refractivity contribution < 1.29 is 13.2 Å². The molecule has 5 rings (SSSR count). The van der Waals surface area contributed by atoms with Crippen LogP contribution in [0.3, 0.4) is 0 Å². The Morgan fingerprint density at radius 1 is 1.06 bits per heavy atom. The van der Waals surface area contributed by atoms with E-state index in [0.29, 0.717) is 54.6 Å². The van der Waals surface area contributed by atoms with Crippen LogP contribution in [0.15, 0.2) is 30.5 Å². The molecule has 0 bridgehead atoms. The zero-order valence-corrected chi connectivity index (χ0v) is 17.2. The zero-order valence-electron chi connectivity index (χ0n) is 17.2. The normalized spacial score (nSPS) is 17.9. The van der Waals surface area contributed by atoms with E-state index in [1.54, 1.807) is 12.3 Å². The molecule has 0 spiro atoms. The van der Waals surface area contributed by atoms with Crippen LogP contribution in [0, 0.1) is 28.9 Å². The molecule has 1 saturated carbocycles. The van der Waals surface area contributed by atoms with Gasteiger partial charge in [0.2, 0.25) is 0 Å². The second kappa shape index (κ2) is 8.26. The maximum Gasteiger partial charge on any atom is 0.172 e. The lowest BCUT2D eigenvalue weighted by Crippen LogP contribution is -2.36. The number of hydrogen-bond acceptors (Lipinski definition) is 6. The summed E-state index contributed by atoms with van der Waals surface area (Å²) in [5.74, 6) is -0.603. The van der Waals surface area contributed by atoms with Gasteiger partial charge >= 0.3 is 0 Å². The fraction of sp³-hybridized carbons (Fsp3) is 0.391. The number of halogens is 3. The van der Waals surface area contributed by atoms with Gasteiger partial charge in [0.15, 0.2) is 11.6 Å². The monoisotopic (exact) mass is 438 g/mol. The highest BCUT2D eigenvalue weighted by Gasteiger charge is 2.32. The fourth-order valence-electron chi connectivity index (χ4n) is 4.13. The molecule has 1 N–H and O–H groups in total. The lowest BCUT2D eigenvalue weighted by atomic mass is 9.88. The molecule has 2 aliphatic rings. The minimum Gasteiger partial charge on any atom is -0.364 e. The van der Waals surface area contributed by atoms with Crippen LogP contribution in [0.5, 0.6) is 0 Å². The summed E-state index contributed by atoms with van der Waals surface area (Å²) in [6, 6.07) is 6.98. The molecular formula is C23H21F3N6. The van der Waals surface area contributed by atoms with E-state index in [0.717, 1.165) is 25.0 Å². The van der Waals surface area contributed by atoms with Crippen LogP contribution in [0.25, 0.3) is 11.0 Å². The zero-order chi connectivity index (χ0) is 22.2. The quantitative estimate of drug-likeness (QED) is 0.624. The first-order valence-electron chi connectivity index (χ1n) is 10.7. The molecule has 6 nitrogen and oxygen atoms in total. The minimum absolute atomic E-state index is 0.0945. The van der Waals surface area contributed by atoms with Crippen LogP contribution >= 0.6 is 0 Å². The molecule has 1 aromatic carbocycles. The van der Waals surface area contributed by atoms with Gasteiger partial charge in [-0.15, -0.1) is 0 Å². The highest BCUT2D eigenvalue weighted by Crippen LogP contribution is 2.38. The summed E-state index contributed by atoms with van der Waals surface area (Å²) in [5, 5.41) is 12.5. The SMILES string of the molecule is N#Cc1cc2nc(N3CCC(C(F)c4ccc(F)cc4F)CC3)c(NC3CC3)nc2cn1. The number of fused-ring (bicyclic) bond motifs is 1. The molecule has 1 aliphatic heterocycles. The second-order valence-corrected chi connectivity index (χ2v) is 8.38. The molecule has 3 heterocycles. The van der Waals surface area contributed by atoms with Crippen LogP contribution in [-0.2, 0) is 0 Å². The molecule has 9 heteroatoms. The Bertz CT molecular complexity index is 1200. The van der Waals surface area contributed by atoms with E-state index < -0.39 is 17.8 Å². The average Bonchev–Trinajstić information content (AvgIpc) is 3.62. The van der Waals surface area contributed by atoms with E-state index >= 15 is 4.39 Å². The number of nitriles is 1. The number of hydrogen-bond donors (Lipinski definition) is 1. The van der Waals surface area contributed by atoms with Crippen LogP contribution in [0.2, 0.25) is 0 Å². The Balaban J connectivity index is 1.38. The van der Waals surface area contributed by atoms with Crippen LogP contribution in [-0.4, -0.2) is 34.1 Å². The summed E-state index contributed by atoms with van der Waals surface area (Å²) >= 11 is 0. The van der Waals surface area contributed by atoms with Gasteiger partial charge in [0.05, 0.1) is 11.7 Å². The number of alkyl halides is 1. The first-order valence-corrected chi connectivity index (χ1v) is 10.7. The largest absolute Gasteiger partial charge is 0.364 e. The third kappa shape index (κ3) is 4.05. The van der Waals surface area contributed by atoms with E-state index in [4.69, 9.17) is 10.2 Å². The molecule has 0 amide bonds. The summed E-state index contributed by atoms with van der Waals surface area (Å²) in [5.41, 5.74) is 1.34. The molecule has 0 radical (unpaired) electrons. The van der Waals surface area contributed by atoms with Gasteiger partial charge < -0.3 is 10.2 Å². The summed E-state index contributed by atoms with van der Waals surface area (Å²) in [6.07, 6.45) is 3.19. The lowest BCUT2D eigenvalue weighted by molar-refractivity contribution is 0.193. The molecule has 1 saturated heterocycles. The Kier molecular flexibility index (Phi) is 5.29. The van der Waals surface area contributed by atoms with Gasteiger partial charge in [0, 0.05) is 36.8 Å². The van der Waals surface area contributed by atoms with E-state index in [9.17, 15) is 8.78 Å². The summed E-state index contributed by atoms with van der Waals surface area (Å²) in [4.78, 5) is 15.6. The Morgan fingerprint density at radius 3 is 2.53 bits per heavy atom. The first kappa shape index (κ1) is 20.5. The molecule has 1 atom stereocenters. The predicted molar refractivity (Wildman–Crippen MR) is 114 cm³/mol. The van der Waals surface area contributed by atoms with Gasteiger partial charge in [-0.25, -0.2) is 28.1 Å². The van der Waals surface area contributed by atoms with E-state index in [2.05, 4.69) is 15.3 Å². The van der Waals surface area contributed by atoms with Crippen molar-refractivity contribution in [2.45, 2.75) is 37.9 Å². The lowest BCUT2D eigenvalue weighted by Gasteiger charge is -2.35. The predicted octanol–water partition coefficient (Wildman–Crippen LogP) is 4.68. The van der Waals surface area contributed by atoms with Gasteiger partial charge in [-0.3, -0.25) is 0 Å². The topological polar surface area (TPSA) is 77.7 Å². The van der Waals surface area contributed by atoms with E-state index in [-0.39, 0.29) is 17.2 Å². The smallest absolute Gasteiger partial charge is 0.172 e. The number of nitrogens with one attached hydrogen (secondary N) is 1. The van der Waals surface area contributed by atoms with Gasteiger partial charge in [0.25, 0.3) is 0 Å². The Morgan fingerprint density at radius 2 is 1.84 bits per heavy atom. The molecule has 3 aromatic rings. The number of anilines is 2. The average molecular weight is 438 g/mol. The van der Waals surface area contributed by atoms with Crippen molar-refractivity contribution in [3.63, 3.8) is 0 Å². The number of benzene rings is 1. The maximum absolute atomic E-state index is 15.0. The summed E-state index contributed by atoms with van der Waals surface area (Å²) in [7, 11) is 0. The van der Waals surface area contributed by atoms with Crippen molar-refractivity contribution in [2.24, 2.45) is 5.92 Å². The van der Waals surface area contributed by atoms with Crippen LogP contribution in [0.4, 0.5) is 24.8 Å². The number of nitrogens with zero attached hydrogens (tertiary/aromatic N) is 5. The third-order valence-corrected chi connectivity index (χ3v) is 6.08. The summed E-state index contributed by atoms with van der Waals surface area (Å²) in [6.45, 7) is 1.06. The number of rotatable bonds is 5. The molecule has 1 unspecified atom stereocenters. The van der Waals surface area contributed by atoms with Crippen molar-refractivity contribution in [1.29, 1.82) is 5.26 Å². The van der Waals surface area contributed by atoms with E-state index in [1.807, 2.05) is 11.0 Å². The molecule has 2 fully saturated rings. The highest BCUT2D eigenvalue weighted by molar-refractivity contribution is 5.80. The van der Waals surface area contributed by atoms with E-state index in [1.165, 1.54) is 6.07 Å². The first-order chi connectivity index (χ1) is 15.5. The van der Waals surface area contributed by atoms with Crippen molar-refractivity contribution in [3.8, 4) is 6.07 Å². The minimum atomic E-state index is -1.49. The molecule has 2 aromatic heterocycles. The maximum atomic E-state index is 15.0. The molecule has 1 aliphatic carbocycles. The molecular weight excluding hydrogens is 417 g/mol. The van der Waals surface area contributed by atoms with Crippen LogP contribution < -0.4 is 10.2 Å². The van der Waals surface area contributed by atoms with Crippen molar-refractivity contribution in [3.05, 3.63) is 53.4 Å². The fourth-order valence-corrected chi connectivity index (χ4v) is 4.13. The van der Waals surface area contributed by atoms with Gasteiger partial charge in [-0.1, -0.05) is 6.07 Å². The second-order valence-electron chi connectivity index (χ2n) is 8.38. The van der Waals surface area contributed by atoms with Gasteiger partial charge in [-0.05, 0) is 37.7 Å². The Hall–Kier alpha value is -3.41. The van der Waals surface area contributed by atoms with Crippen molar-refractivity contribution in [2.75, 3.05) is 23.3 Å².